The Morgan fingerprint density at radius 3 is 2.91 bits per heavy atom. The third-order valence-corrected chi connectivity index (χ3v) is 4.63. The summed E-state index contributed by atoms with van der Waals surface area (Å²) in [7, 11) is 0. The fourth-order valence-electron chi connectivity index (χ4n) is 2.61. The fraction of sp³-hybridized carbons (Fsp3) is 0.438. The summed E-state index contributed by atoms with van der Waals surface area (Å²) in [6.45, 7) is 3.82. The molecule has 0 bridgehead atoms. The number of carbonyl (C=O) groups is 1. The predicted molar refractivity (Wildman–Crippen MR) is 85.4 cm³/mol. The quantitative estimate of drug-likeness (QED) is 0.803. The van der Waals surface area contributed by atoms with Gasteiger partial charge in [0.1, 0.15) is 5.82 Å². The first-order chi connectivity index (χ1) is 11.1. The lowest BCUT2D eigenvalue weighted by Crippen LogP contribution is -2.40. The van der Waals surface area contributed by atoms with Gasteiger partial charge in [-0.05, 0) is 43.0 Å². The van der Waals surface area contributed by atoms with Crippen LogP contribution in [0, 0.1) is 11.7 Å². The van der Waals surface area contributed by atoms with Crippen LogP contribution in [0.3, 0.4) is 0 Å². The van der Waals surface area contributed by atoms with Crippen LogP contribution in [0.5, 0.6) is 0 Å². The Kier molecular flexibility index (Phi) is 4.95. The minimum absolute atomic E-state index is 0.100. The van der Waals surface area contributed by atoms with Crippen LogP contribution in [0.4, 0.5) is 4.39 Å². The number of hydrogen-bond acceptors (Lipinski definition) is 5. The van der Waals surface area contributed by atoms with E-state index in [2.05, 4.69) is 17.1 Å². The van der Waals surface area contributed by atoms with Gasteiger partial charge in [-0.15, -0.1) is 10.2 Å². The molecule has 1 fully saturated rings. The van der Waals surface area contributed by atoms with E-state index in [0.717, 1.165) is 19.5 Å². The van der Waals surface area contributed by atoms with E-state index in [1.807, 2.05) is 4.90 Å². The number of halogens is 1. The SMILES string of the molecule is C[C@H]1CCCN(C(=O)CSc2nnc(-c3ccc(F)cc3)o2)C1. The van der Waals surface area contributed by atoms with Crippen molar-refractivity contribution >= 4 is 17.7 Å². The van der Waals surface area contributed by atoms with Crippen molar-refractivity contribution < 1.29 is 13.6 Å². The van der Waals surface area contributed by atoms with E-state index in [1.54, 1.807) is 12.1 Å². The van der Waals surface area contributed by atoms with Gasteiger partial charge in [0.15, 0.2) is 0 Å². The van der Waals surface area contributed by atoms with Gasteiger partial charge in [0.2, 0.25) is 11.8 Å². The van der Waals surface area contributed by atoms with E-state index in [0.29, 0.717) is 22.6 Å². The largest absolute Gasteiger partial charge is 0.411 e. The molecule has 2 heterocycles. The minimum Gasteiger partial charge on any atom is -0.411 e. The monoisotopic (exact) mass is 335 g/mol. The molecule has 0 saturated carbocycles. The van der Waals surface area contributed by atoms with Gasteiger partial charge in [0, 0.05) is 18.7 Å². The number of hydrogen-bond donors (Lipinski definition) is 0. The van der Waals surface area contributed by atoms with E-state index in [4.69, 9.17) is 4.42 Å². The number of nitrogens with zero attached hydrogens (tertiary/aromatic N) is 3. The first-order valence-corrected chi connectivity index (χ1v) is 8.60. The first-order valence-electron chi connectivity index (χ1n) is 7.62. The molecule has 0 radical (unpaired) electrons. The second kappa shape index (κ2) is 7.12. The molecule has 1 atom stereocenters. The number of carbonyl (C=O) groups excluding carboxylic acids is 1. The normalized spacial score (nSPS) is 18.2. The van der Waals surface area contributed by atoms with Gasteiger partial charge >= 0.3 is 0 Å². The van der Waals surface area contributed by atoms with Gasteiger partial charge < -0.3 is 9.32 Å². The minimum atomic E-state index is -0.316. The Labute approximate surface area is 138 Å². The third-order valence-electron chi connectivity index (χ3n) is 3.83. The van der Waals surface area contributed by atoms with E-state index >= 15 is 0 Å². The van der Waals surface area contributed by atoms with Crippen molar-refractivity contribution in [2.24, 2.45) is 5.92 Å². The van der Waals surface area contributed by atoms with Crippen molar-refractivity contribution in [3.05, 3.63) is 30.1 Å². The molecule has 1 aromatic carbocycles. The Balaban J connectivity index is 1.56. The van der Waals surface area contributed by atoms with Gasteiger partial charge in [-0.25, -0.2) is 4.39 Å². The smallest absolute Gasteiger partial charge is 0.277 e. The van der Waals surface area contributed by atoms with Crippen molar-refractivity contribution in [3.8, 4) is 11.5 Å². The van der Waals surface area contributed by atoms with Gasteiger partial charge in [-0.2, -0.15) is 0 Å². The van der Waals surface area contributed by atoms with Crippen LogP contribution >= 0.6 is 11.8 Å². The van der Waals surface area contributed by atoms with Crippen molar-refractivity contribution in [3.63, 3.8) is 0 Å². The summed E-state index contributed by atoms with van der Waals surface area (Å²) < 4.78 is 18.4. The summed E-state index contributed by atoms with van der Waals surface area (Å²) in [6.07, 6.45) is 2.24. The third kappa shape index (κ3) is 4.10. The first kappa shape index (κ1) is 16.0. The van der Waals surface area contributed by atoms with Crippen LogP contribution in [-0.2, 0) is 4.79 Å². The lowest BCUT2D eigenvalue weighted by atomic mass is 10.0. The molecule has 1 aromatic heterocycles. The number of likely N-dealkylation sites (tertiary alicyclic amines) is 1. The van der Waals surface area contributed by atoms with Crippen molar-refractivity contribution in [2.45, 2.75) is 25.0 Å². The zero-order chi connectivity index (χ0) is 16.2. The summed E-state index contributed by atoms with van der Waals surface area (Å²) in [5.74, 6) is 0.961. The molecule has 1 saturated heterocycles. The van der Waals surface area contributed by atoms with Crippen LogP contribution < -0.4 is 0 Å². The highest BCUT2D eigenvalue weighted by Gasteiger charge is 2.21. The van der Waals surface area contributed by atoms with Crippen molar-refractivity contribution in [1.82, 2.24) is 15.1 Å². The van der Waals surface area contributed by atoms with Crippen molar-refractivity contribution in [1.29, 1.82) is 0 Å². The molecule has 3 rings (SSSR count). The molecule has 0 aliphatic carbocycles. The van der Waals surface area contributed by atoms with Gasteiger partial charge in [-0.3, -0.25) is 4.79 Å². The van der Waals surface area contributed by atoms with Crippen LogP contribution in [0.1, 0.15) is 19.8 Å². The molecule has 5 nitrogen and oxygen atoms in total. The van der Waals surface area contributed by atoms with E-state index in [1.165, 1.54) is 30.3 Å². The Bertz CT molecular complexity index is 674. The summed E-state index contributed by atoms with van der Waals surface area (Å²) in [5, 5.41) is 8.21. The number of aromatic nitrogens is 2. The molecule has 1 amide bonds. The second-order valence-electron chi connectivity index (χ2n) is 5.76. The van der Waals surface area contributed by atoms with Crippen molar-refractivity contribution in [2.75, 3.05) is 18.8 Å². The summed E-state index contributed by atoms with van der Waals surface area (Å²) in [4.78, 5) is 14.1. The standard InChI is InChI=1S/C16H18FN3O2S/c1-11-3-2-8-20(9-11)14(21)10-23-16-19-18-15(22-16)12-4-6-13(17)7-5-12/h4-7,11H,2-3,8-10H2,1H3/t11-/m0/s1. The predicted octanol–water partition coefficient (Wildman–Crippen LogP) is 3.23. The lowest BCUT2D eigenvalue weighted by molar-refractivity contribution is -0.130. The summed E-state index contributed by atoms with van der Waals surface area (Å²) in [5.41, 5.74) is 0.655. The average Bonchev–Trinajstić information content (AvgIpc) is 3.02. The highest BCUT2D eigenvalue weighted by molar-refractivity contribution is 7.99. The van der Waals surface area contributed by atoms with E-state index in [9.17, 15) is 9.18 Å². The molecule has 0 N–H and O–H groups in total. The molecule has 0 spiro atoms. The topological polar surface area (TPSA) is 59.2 Å². The number of amides is 1. The lowest BCUT2D eigenvalue weighted by Gasteiger charge is -2.30. The number of piperidine rings is 1. The molecular formula is C16H18FN3O2S. The van der Waals surface area contributed by atoms with E-state index < -0.39 is 0 Å². The van der Waals surface area contributed by atoms with Gasteiger partial charge in [0.25, 0.3) is 5.22 Å². The fourth-order valence-corrected chi connectivity index (χ4v) is 3.27. The molecule has 122 valence electrons. The van der Waals surface area contributed by atoms with Crippen LogP contribution in [0.15, 0.2) is 33.9 Å². The maximum Gasteiger partial charge on any atom is 0.277 e. The average molecular weight is 335 g/mol. The summed E-state index contributed by atoms with van der Waals surface area (Å²) in [6, 6.07) is 5.84. The summed E-state index contributed by atoms with van der Waals surface area (Å²) >= 11 is 1.24. The molecule has 23 heavy (non-hydrogen) atoms. The van der Waals surface area contributed by atoms with Crippen LogP contribution in [-0.4, -0.2) is 39.8 Å². The van der Waals surface area contributed by atoms with Gasteiger partial charge in [-0.1, -0.05) is 18.7 Å². The maximum atomic E-state index is 12.9. The Hall–Kier alpha value is -1.89. The molecule has 0 unspecified atom stereocenters. The van der Waals surface area contributed by atoms with Crippen LogP contribution in [0.25, 0.3) is 11.5 Å². The highest BCUT2D eigenvalue weighted by Crippen LogP contribution is 2.24. The van der Waals surface area contributed by atoms with Gasteiger partial charge in [0.05, 0.1) is 5.75 Å². The molecule has 7 heteroatoms. The molecule has 1 aliphatic rings. The number of benzene rings is 1. The molecular weight excluding hydrogens is 317 g/mol. The van der Waals surface area contributed by atoms with E-state index in [-0.39, 0.29) is 17.5 Å². The Morgan fingerprint density at radius 1 is 1.39 bits per heavy atom. The molecule has 1 aliphatic heterocycles. The number of rotatable bonds is 4. The zero-order valence-corrected chi connectivity index (χ0v) is 13.7. The molecule has 2 aromatic rings. The maximum absolute atomic E-state index is 12.9. The Morgan fingerprint density at radius 2 is 2.17 bits per heavy atom. The highest BCUT2D eigenvalue weighted by atomic mass is 32.2. The number of thioether (sulfide) groups is 1. The van der Waals surface area contributed by atoms with Crippen LogP contribution in [0.2, 0.25) is 0 Å². The second-order valence-corrected chi connectivity index (χ2v) is 6.68. The zero-order valence-electron chi connectivity index (χ0n) is 12.9.